The number of sulfonamides is 1. The number of amides is 2. The summed E-state index contributed by atoms with van der Waals surface area (Å²) < 4.78 is 79.3. The van der Waals surface area contributed by atoms with Gasteiger partial charge in [-0.1, -0.05) is 0 Å². The van der Waals surface area contributed by atoms with Crippen molar-refractivity contribution in [3.8, 4) is 11.8 Å². The van der Waals surface area contributed by atoms with E-state index in [1.807, 2.05) is 5.32 Å². The smallest absolute Gasteiger partial charge is 0.433 e. The average molecular weight is 490 g/mol. The van der Waals surface area contributed by atoms with Crippen molar-refractivity contribution in [1.82, 2.24) is 19.7 Å². The van der Waals surface area contributed by atoms with Crippen molar-refractivity contribution in [1.29, 1.82) is 0 Å². The second-order valence-corrected chi connectivity index (χ2v) is 6.97. The van der Waals surface area contributed by atoms with E-state index in [9.17, 15) is 31.2 Å². The van der Waals surface area contributed by atoms with Crippen molar-refractivity contribution in [3.05, 3.63) is 29.5 Å². The van der Waals surface area contributed by atoms with E-state index in [0.717, 1.165) is 7.11 Å². The number of nitrogens with zero attached hydrogens (tertiary/aromatic N) is 3. The molecular weight excluding hydrogens is 474 g/mol. The fraction of sp³-hybridized carbons (Fsp3) is 0.267. The topological polar surface area (TPSA) is 159 Å². The predicted octanol–water partition coefficient (Wildman–Crippen LogP) is 1.07. The molecule has 0 saturated heterocycles. The van der Waals surface area contributed by atoms with Crippen LogP contribution in [0.4, 0.5) is 23.9 Å². The largest absolute Gasteiger partial charge is 0.481 e. The number of urea groups is 1. The summed E-state index contributed by atoms with van der Waals surface area (Å²) in [6.45, 7) is 0. The van der Waals surface area contributed by atoms with Gasteiger partial charge in [0.15, 0.2) is 5.03 Å². The van der Waals surface area contributed by atoms with Crippen molar-refractivity contribution < 1.29 is 46.8 Å². The second-order valence-electron chi connectivity index (χ2n) is 5.37. The molecule has 0 aromatic carbocycles. The number of ether oxygens (including phenoxy) is 3. The van der Waals surface area contributed by atoms with E-state index in [4.69, 9.17) is 9.47 Å². The Bertz CT molecular complexity index is 1100. The van der Waals surface area contributed by atoms with Gasteiger partial charge in [0.05, 0.1) is 33.0 Å². The van der Waals surface area contributed by atoms with Gasteiger partial charge in [-0.3, -0.25) is 5.32 Å². The monoisotopic (exact) mass is 490 g/mol. The maximum Gasteiger partial charge on any atom is 0.433 e. The maximum absolute atomic E-state index is 13.0. The maximum atomic E-state index is 13.0. The summed E-state index contributed by atoms with van der Waals surface area (Å²) in [6.07, 6.45) is -5.02. The number of carbonyl (C=O) groups excluding carboxylic acids is 2. The fourth-order valence-corrected chi connectivity index (χ4v) is 3.09. The van der Waals surface area contributed by atoms with Gasteiger partial charge in [0, 0.05) is 31.0 Å². The summed E-state index contributed by atoms with van der Waals surface area (Å²) in [5, 5.41) is 0.580. The number of hydrogen-bond acceptors (Lipinski definition) is 10. The van der Waals surface area contributed by atoms with Crippen molar-refractivity contribution >= 4 is 57.5 Å². The standard InChI is InChI=1S/C15H14F3N5O7S.Na.H2/c1-28-9-6-10(29-2)21-13(20-9)22-14(25)23-31(26,27)11-7(12(24)30-3)4-5-8(19-11)15(16,17)18;;/h4-6H,1-3H3,(H2,20,21,22,23,25);;1H. The van der Waals surface area contributed by atoms with Crippen molar-refractivity contribution in [2.45, 2.75) is 11.2 Å². The third kappa shape index (κ3) is 6.65. The molecule has 12 nitrogen and oxygen atoms in total. The molecule has 2 aromatic heterocycles. The third-order valence-electron chi connectivity index (χ3n) is 3.36. The number of aromatic nitrogens is 3. The second kappa shape index (κ2) is 10.8. The molecule has 2 rings (SSSR count). The van der Waals surface area contributed by atoms with Crippen LogP contribution >= 0.6 is 0 Å². The van der Waals surface area contributed by atoms with E-state index >= 15 is 0 Å². The van der Waals surface area contributed by atoms with Gasteiger partial charge in [0.2, 0.25) is 17.7 Å². The van der Waals surface area contributed by atoms with Crippen LogP contribution in [0.3, 0.4) is 0 Å². The van der Waals surface area contributed by atoms with Crippen LogP contribution in [-0.2, 0) is 20.9 Å². The molecule has 0 spiro atoms. The molecule has 2 aromatic rings. The first-order chi connectivity index (χ1) is 14.4. The van der Waals surface area contributed by atoms with E-state index in [1.54, 1.807) is 0 Å². The number of halogens is 3. The van der Waals surface area contributed by atoms with Crippen LogP contribution in [0, 0.1) is 0 Å². The Kier molecular flexibility index (Phi) is 9.19. The number of pyridine rings is 1. The van der Waals surface area contributed by atoms with Crippen LogP contribution in [0.5, 0.6) is 11.8 Å². The Hall–Kier alpha value is -2.69. The third-order valence-corrected chi connectivity index (χ3v) is 4.63. The van der Waals surface area contributed by atoms with Gasteiger partial charge in [-0.2, -0.15) is 31.6 Å². The SMILES string of the molecule is COC(=O)c1ccc(C(F)(F)F)nc1S(=O)(=O)NC(=O)Nc1nc(OC)cc(OC)n1.[HH].[Na]. The first-order valence-corrected chi connectivity index (χ1v) is 9.37. The number of anilines is 1. The van der Waals surface area contributed by atoms with Crippen LogP contribution < -0.4 is 19.5 Å². The molecule has 2 amide bonds. The van der Waals surface area contributed by atoms with Crippen LogP contribution in [0.15, 0.2) is 23.2 Å². The molecular formula is C15H16F3N5NaO7S. The quantitative estimate of drug-likeness (QED) is 0.443. The molecule has 17 heteroatoms. The zero-order chi connectivity index (χ0) is 23.4. The Balaban J connectivity index is 0.00000512. The predicted molar refractivity (Wildman–Crippen MR) is 103 cm³/mol. The minimum atomic E-state index is -5.07. The fourth-order valence-electron chi connectivity index (χ4n) is 2.03. The number of carbonyl (C=O) groups is 2. The van der Waals surface area contributed by atoms with E-state index in [1.165, 1.54) is 25.0 Å². The molecule has 0 aliphatic heterocycles. The van der Waals surface area contributed by atoms with Crippen LogP contribution in [-0.4, -0.2) is 86.3 Å². The molecule has 0 bridgehead atoms. The molecule has 0 fully saturated rings. The van der Waals surface area contributed by atoms with Crippen molar-refractivity contribution in [3.63, 3.8) is 0 Å². The molecule has 0 unspecified atom stereocenters. The molecule has 32 heavy (non-hydrogen) atoms. The van der Waals surface area contributed by atoms with Gasteiger partial charge < -0.3 is 14.2 Å². The molecule has 2 N–H and O–H groups in total. The normalized spacial score (nSPS) is 11.1. The Morgan fingerprint density at radius 3 is 2.06 bits per heavy atom. The minimum Gasteiger partial charge on any atom is -0.481 e. The summed E-state index contributed by atoms with van der Waals surface area (Å²) in [6, 6.07) is 0.742. The van der Waals surface area contributed by atoms with E-state index in [0.29, 0.717) is 12.1 Å². The van der Waals surface area contributed by atoms with E-state index in [2.05, 4.69) is 19.7 Å². The van der Waals surface area contributed by atoms with Crippen LogP contribution in [0.1, 0.15) is 17.5 Å². The molecule has 2 heterocycles. The Morgan fingerprint density at radius 2 is 1.59 bits per heavy atom. The summed E-state index contributed by atoms with van der Waals surface area (Å²) in [5.74, 6) is -1.83. The van der Waals surface area contributed by atoms with Crippen LogP contribution in [0.25, 0.3) is 0 Å². The van der Waals surface area contributed by atoms with E-state index in [-0.39, 0.29) is 42.7 Å². The number of methoxy groups -OCH3 is 3. The van der Waals surface area contributed by atoms with Crippen molar-refractivity contribution in [2.24, 2.45) is 0 Å². The van der Waals surface area contributed by atoms with Gasteiger partial charge in [-0.25, -0.2) is 19.3 Å². The Morgan fingerprint density at radius 1 is 1.03 bits per heavy atom. The van der Waals surface area contributed by atoms with Gasteiger partial charge in [0.25, 0.3) is 10.0 Å². The van der Waals surface area contributed by atoms with Gasteiger partial charge in [-0.15, -0.1) is 0 Å². The van der Waals surface area contributed by atoms with Crippen molar-refractivity contribution in [2.75, 3.05) is 26.6 Å². The van der Waals surface area contributed by atoms with E-state index < -0.39 is 50.4 Å². The molecule has 1 radical (unpaired) electrons. The summed E-state index contributed by atoms with van der Waals surface area (Å²) in [4.78, 5) is 34.3. The van der Waals surface area contributed by atoms with Gasteiger partial charge in [-0.05, 0) is 12.1 Å². The molecule has 171 valence electrons. The first-order valence-electron chi connectivity index (χ1n) is 7.88. The molecule has 0 aliphatic rings. The first kappa shape index (κ1) is 27.3. The van der Waals surface area contributed by atoms with Gasteiger partial charge in [0.1, 0.15) is 5.69 Å². The Labute approximate surface area is 202 Å². The summed E-state index contributed by atoms with van der Waals surface area (Å²) in [5.41, 5.74) is -2.43. The minimum absolute atomic E-state index is 0. The number of esters is 1. The zero-order valence-corrected chi connectivity index (χ0v) is 19.8. The number of rotatable bonds is 6. The average Bonchev–Trinajstić information content (AvgIpc) is 2.71. The number of alkyl halides is 3. The number of hydrogen-bond donors (Lipinski definition) is 2. The molecule has 0 atom stereocenters. The molecule has 0 aliphatic carbocycles. The number of nitrogens with one attached hydrogen (secondary N) is 2. The summed E-state index contributed by atoms with van der Waals surface area (Å²) >= 11 is 0. The zero-order valence-electron chi connectivity index (χ0n) is 17.0. The summed E-state index contributed by atoms with van der Waals surface area (Å²) in [7, 11) is -1.69. The van der Waals surface area contributed by atoms with Gasteiger partial charge >= 0.3 is 18.2 Å². The molecule has 0 saturated carbocycles. The van der Waals surface area contributed by atoms with Crippen LogP contribution in [0.2, 0.25) is 0 Å².